The summed E-state index contributed by atoms with van der Waals surface area (Å²) in [5.74, 6) is 0. The van der Waals surface area contributed by atoms with Crippen LogP contribution in [0.4, 0.5) is 5.69 Å². The summed E-state index contributed by atoms with van der Waals surface area (Å²) in [6.07, 6.45) is -4.22. The minimum absolute atomic E-state index is 0.0243. The molecule has 1 saturated heterocycles. The quantitative estimate of drug-likeness (QED) is 0.610. The molecular formula is C11H14ClNO4. The van der Waals surface area contributed by atoms with Crippen LogP contribution >= 0.6 is 11.6 Å². The minimum Gasteiger partial charge on any atom is -0.388 e. The third-order valence-corrected chi connectivity index (χ3v) is 2.91. The van der Waals surface area contributed by atoms with Crippen molar-refractivity contribution >= 4 is 17.3 Å². The van der Waals surface area contributed by atoms with Crippen LogP contribution < -0.4 is 5.32 Å². The summed E-state index contributed by atoms with van der Waals surface area (Å²) in [7, 11) is 0. The second-order valence-corrected chi connectivity index (χ2v) is 4.39. The highest BCUT2D eigenvalue weighted by Crippen LogP contribution is 2.19. The number of aliphatic hydroxyl groups is 3. The van der Waals surface area contributed by atoms with Crippen LogP contribution in [0.5, 0.6) is 0 Å². The number of hydrogen-bond donors (Lipinski definition) is 4. The Hall–Kier alpha value is -0.850. The number of rotatable bonds is 2. The summed E-state index contributed by atoms with van der Waals surface area (Å²) in [5.41, 5.74) is 0.710. The fourth-order valence-corrected chi connectivity index (χ4v) is 1.77. The molecule has 4 N–H and O–H groups in total. The van der Waals surface area contributed by atoms with Gasteiger partial charge in [0.15, 0.2) is 6.23 Å². The fourth-order valence-electron chi connectivity index (χ4n) is 1.64. The molecule has 1 heterocycles. The van der Waals surface area contributed by atoms with Gasteiger partial charge in [0.2, 0.25) is 0 Å². The SMILES string of the molecule is O[C@H]1[C@H](O)COC(Nc2ccc(Cl)cc2)[C@@H]1O. The van der Waals surface area contributed by atoms with Gasteiger partial charge in [0, 0.05) is 10.7 Å². The molecule has 1 fully saturated rings. The van der Waals surface area contributed by atoms with Crippen molar-refractivity contribution in [2.45, 2.75) is 24.5 Å². The Morgan fingerprint density at radius 2 is 1.76 bits per heavy atom. The summed E-state index contributed by atoms with van der Waals surface area (Å²) in [5, 5.41) is 32.0. The molecule has 1 unspecified atom stereocenters. The molecule has 1 aliphatic heterocycles. The zero-order chi connectivity index (χ0) is 12.4. The van der Waals surface area contributed by atoms with Crippen molar-refractivity contribution < 1.29 is 20.1 Å². The topological polar surface area (TPSA) is 82.0 Å². The first kappa shape index (κ1) is 12.6. The van der Waals surface area contributed by atoms with E-state index in [1.54, 1.807) is 24.3 Å². The summed E-state index contributed by atoms with van der Waals surface area (Å²) in [6, 6.07) is 6.86. The van der Waals surface area contributed by atoms with Crippen molar-refractivity contribution in [1.82, 2.24) is 0 Å². The maximum absolute atomic E-state index is 9.70. The highest BCUT2D eigenvalue weighted by Gasteiger charge is 2.37. The van der Waals surface area contributed by atoms with E-state index in [2.05, 4.69) is 5.32 Å². The van der Waals surface area contributed by atoms with Crippen LogP contribution in [0.15, 0.2) is 24.3 Å². The smallest absolute Gasteiger partial charge is 0.156 e. The Kier molecular flexibility index (Phi) is 3.86. The maximum Gasteiger partial charge on any atom is 0.156 e. The van der Waals surface area contributed by atoms with Crippen molar-refractivity contribution in [2.24, 2.45) is 0 Å². The van der Waals surface area contributed by atoms with Gasteiger partial charge in [-0.05, 0) is 24.3 Å². The molecule has 0 spiro atoms. The van der Waals surface area contributed by atoms with Gasteiger partial charge in [0.25, 0.3) is 0 Å². The molecule has 2 rings (SSSR count). The van der Waals surface area contributed by atoms with Gasteiger partial charge >= 0.3 is 0 Å². The van der Waals surface area contributed by atoms with E-state index < -0.39 is 24.5 Å². The molecule has 4 atom stereocenters. The Bertz CT molecular complexity index is 372. The van der Waals surface area contributed by atoms with Gasteiger partial charge in [0.1, 0.15) is 18.3 Å². The number of ether oxygens (including phenoxy) is 1. The number of benzene rings is 1. The van der Waals surface area contributed by atoms with E-state index in [1.165, 1.54) is 0 Å². The van der Waals surface area contributed by atoms with Crippen LogP contribution in [0.1, 0.15) is 0 Å². The first-order valence-electron chi connectivity index (χ1n) is 5.26. The first-order valence-corrected chi connectivity index (χ1v) is 5.63. The van der Waals surface area contributed by atoms with Gasteiger partial charge < -0.3 is 25.4 Å². The van der Waals surface area contributed by atoms with Gasteiger partial charge in [-0.25, -0.2) is 0 Å². The zero-order valence-electron chi connectivity index (χ0n) is 8.95. The first-order chi connectivity index (χ1) is 8.08. The monoisotopic (exact) mass is 259 g/mol. The fraction of sp³-hybridized carbons (Fsp3) is 0.455. The third-order valence-electron chi connectivity index (χ3n) is 2.65. The molecule has 0 aliphatic carbocycles. The summed E-state index contributed by atoms with van der Waals surface area (Å²) >= 11 is 5.74. The molecular weight excluding hydrogens is 246 g/mol. The van der Waals surface area contributed by atoms with Gasteiger partial charge in [-0.3, -0.25) is 0 Å². The number of aliphatic hydroxyl groups excluding tert-OH is 3. The summed E-state index contributed by atoms with van der Waals surface area (Å²) in [6.45, 7) is -0.0243. The van der Waals surface area contributed by atoms with Crippen LogP contribution in [-0.2, 0) is 4.74 Å². The van der Waals surface area contributed by atoms with Gasteiger partial charge in [-0.1, -0.05) is 11.6 Å². The third kappa shape index (κ3) is 2.88. The van der Waals surface area contributed by atoms with E-state index in [0.717, 1.165) is 0 Å². The average molecular weight is 260 g/mol. The van der Waals surface area contributed by atoms with E-state index in [1.807, 2.05) is 0 Å². The van der Waals surface area contributed by atoms with Gasteiger partial charge in [0.05, 0.1) is 6.61 Å². The standard InChI is InChI=1S/C11H14ClNO4/c12-6-1-3-7(4-2-6)13-11-10(16)9(15)8(14)5-17-11/h1-4,8-11,13-16H,5H2/t8-,9+,10-,11?/m1/s1. The summed E-state index contributed by atoms with van der Waals surface area (Å²) < 4.78 is 5.20. The van der Waals surface area contributed by atoms with Crippen LogP contribution in [0, 0.1) is 0 Å². The normalized spacial score (nSPS) is 33.4. The van der Waals surface area contributed by atoms with Crippen molar-refractivity contribution in [3.8, 4) is 0 Å². The number of nitrogens with one attached hydrogen (secondary N) is 1. The zero-order valence-corrected chi connectivity index (χ0v) is 9.71. The van der Waals surface area contributed by atoms with E-state index in [-0.39, 0.29) is 6.61 Å². The van der Waals surface area contributed by atoms with E-state index >= 15 is 0 Å². The minimum atomic E-state index is -1.21. The molecule has 0 aromatic heterocycles. The molecule has 17 heavy (non-hydrogen) atoms. The molecule has 1 aliphatic rings. The Morgan fingerprint density at radius 3 is 2.41 bits per heavy atom. The predicted molar refractivity (Wildman–Crippen MR) is 62.8 cm³/mol. The Balaban J connectivity index is 2.01. The molecule has 0 amide bonds. The highest BCUT2D eigenvalue weighted by atomic mass is 35.5. The highest BCUT2D eigenvalue weighted by molar-refractivity contribution is 6.30. The van der Waals surface area contributed by atoms with Gasteiger partial charge in [-0.2, -0.15) is 0 Å². The molecule has 0 bridgehead atoms. The van der Waals surface area contributed by atoms with E-state index in [9.17, 15) is 15.3 Å². The van der Waals surface area contributed by atoms with Crippen molar-refractivity contribution in [3.63, 3.8) is 0 Å². The number of hydrogen-bond acceptors (Lipinski definition) is 5. The molecule has 1 aromatic carbocycles. The molecule has 6 heteroatoms. The maximum atomic E-state index is 9.70. The van der Waals surface area contributed by atoms with Crippen LogP contribution in [-0.4, -0.2) is 46.5 Å². The lowest BCUT2D eigenvalue weighted by Crippen LogP contribution is -2.55. The van der Waals surface area contributed by atoms with Crippen LogP contribution in [0.2, 0.25) is 5.02 Å². The molecule has 1 aromatic rings. The number of anilines is 1. The summed E-state index contributed by atoms with van der Waals surface area (Å²) in [4.78, 5) is 0. The lowest BCUT2D eigenvalue weighted by atomic mass is 10.0. The molecule has 5 nitrogen and oxygen atoms in total. The van der Waals surface area contributed by atoms with Crippen molar-refractivity contribution in [3.05, 3.63) is 29.3 Å². The van der Waals surface area contributed by atoms with Crippen LogP contribution in [0.3, 0.4) is 0 Å². The average Bonchev–Trinajstić information content (AvgIpc) is 2.33. The molecule has 0 saturated carbocycles. The lowest BCUT2D eigenvalue weighted by Gasteiger charge is -2.35. The predicted octanol–water partition coefficient (Wildman–Crippen LogP) is 0.191. The van der Waals surface area contributed by atoms with E-state index in [0.29, 0.717) is 10.7 Å². The second-order valence-electron chi connectivity index (χ2n) is 3.95. The molecule has 94 valence electrons. The number of halogens is 1. The van der Waals surface area contributed by atoms with Crippen LogP contribution in [0.25, 0.3) is 0 Å². The largest absolute Gasteiger partial charge is 0.388 e. The lowest BCUT2D eigenvalue weighted by molar-refractivity contribution is -0.178. The van der Waals surface area contributed by atoms with Crippen molar-refractivity contribution in [1.29, 1.82) is 0 Å². The molecule has 0 radical (unpaired) electrons. The van der Waals surface area contributed by atoms with Gasteiger partial charge in [-0.15, -0.1) is 0 Å². The second kappa shape index (κ2) is 5.20. The Labute approximate surface area is 104 Å². The Morgan fingerprint density at radius 1 is 1.12 bits per heavy atom. The van der Waals surface area contributed by atoms with Crippen molar-refractivity contribution in [2.75, 3.05) is 11.9 Å². The van der Waals surface area contributed by atoms with E-state index in [4.69, 9.17) is 16.3 Å².